The lowest BCUT2D eigenvalue weighted by atomic mass is 10.3. The summed E-state index contributed by atoms with van der Waals surface area (Å²) in [5, 5.41) is 0. The van der Waals surface area contributed by atoms with E-state index in [0.717, 1.165) is 0 Å². The van der Waals surface area contributed by atoms with Crippen molar-refractivity contribution in [2.45, 2.75) is 0 Å². The molecule has 0 heterocycles. The van der Waals surface area contributed by atoms with Crippen LogP contribution in [-0.4, -0.2) is 7.11 Å². The molecule has 1 aromatic rings. The minimum Gasteiger partial charge on any atom is -0.496 e. The number of hydrogen-bond acceptors (Lipinski definition) is 1. The molecule has 0 aliphatic carbocycles. The second-order valence-electron chi connectivity index (χ2n) is 1.90. The van der Waals surface area contributed by atoms with Gasteiger partial charge in [0.25, 0.3) is 0 Å². The molecule has 0 bridgehead atoms. The standard InChI is InChI=1S/C7H5Br2FO/c1-11-7-3-4(8)6(10)2-5(7)9/h2-3H,1H3. The monoisotopic (exact) mass is 282 g/mol. The summed E-state index contributed by atoms with van der Waals surface area (Å²) in [5.41, 5.74) is 0. The number of halogens is 3. The van der Waals surface area contributed by atoms with Gasteiger partial charge in [0.2, 0.25) is 0 Å². The van der Waals surface area contributed by atoms with Crippen LogP contribution in [0, 0.1) is 5.82 Å². The van der Waals surface area contributed by atoms with E-state index >= 15 is 0 Å². The molecule has 4 heteroatoms. The second kappa shape index (κ2) is 3.54. The third-order valence-corrected chi connectivity index (χ3v) is 2.42. The van der Waals surface area contributed by atoms with Crippen LogP contribution in [0.15, 0.2) is 21.1 Å². The highest BCUT2D eigenvalue weighted by Crippen LogP contribution is 2.30. The van der Waals surface area contributed by atoms with E-state index in [0.29, 0.717) is 14.7 Å². The molecule has 0 saturated carbocycles. The molecule has 0 unspecified atom stereocenters. The van der Waals surface area contributed by atoms with Gasteiger partial charge < -0.3 is 4.74 Å². The van der Waals surface area contributed by atoms with Gasteiger partial charge in [-0.25, -0.2) is 4.39 Å². The Bertz CT molecular complexity index is 275. The van der Waals surface area contributed by atoms with E-state index in [4.69, 9.17) is 4.74 Å². The molecule has 11 heavy (non-hydrogen) atoms. The normalized spacial score (nSPS) is 9.82. The predicted octanol–water partition coefficient (Wildman–Crippen LogP) is 3.36. The van der Waals surface area contributed by atoms with Crippen molar-refractivity contribution in [3.05, 3.63) is 26.9 Å². The van der Waals surface area contributed by atoms with Crippen molar-refractivity contribution >= 4 is 31.9 Å². The molecule has 0 radical (unpaired) electrons. The molecule has 1 aromatic carbocycles. The summed E-state index contributed by atoms with van der Waals surface area (Å²) in [7, 11) is 1.53. The summed E-state index contributed by atoms with van der Waals surface area (Å²) in [5.74, 6) is 0.302. The van der Waals surface area contributed by atoms with Gasteiger partial charge in [0.1, 0.15) is 11.6 Å². The van der Waals surface area contributed by atoms with E-state index < -0.39 is 0 Å². The average molecular weight is 284 g/mol. The maximum Gasteiger partial charge on any atom is 0.138 e. The maximum absolute atomic E-state index is 12.8. The maximum atomic E-state index is 12.8. The Morgan fingerprint density at radius 3 is 2.45 bits per heavy atom. The lowest BCUT2D eigenvalue weighted by molar-refractivity contribution is 0.410. The Hall–Kier alpha value is -0.0900. The van der Waals surface area contributed by atoms with Crippen molar-refractivity contribution in [1.82, 2.24) is 0 Å². The highest BCUT2D eigenvalue weighted by Gasteiger charge is 2.05. The smallest absolute Gasteiger partial charge is 0.138 e. The highest BCUT2D eigenvalue weighted by molar-refractivity contribution is 9.11. The van der Waals surface area contributed by atoms with Crippen LogP contribution < -0.4 is 4.74 Å². The quantitative estimate of drug-likeness (QED) is 0.718. The number of ether oxygens (including phenoxy) is 1. The molecule has 0 aliphatic heterocycles. The SMILES string of the molecule is COc1cc(Br)c(F)cc1Br. The third-order valence-electron chi connectivity index (χ3n) is 1.19. The van der Waals surface area contributed by atoms with Crippen LogP contribution in [0.1, 0.15) is 0 Å². The van der Waals surface area contributed by atoms with Gasteiger partial charge in [-0.15, -0.1) is 0 Å². The predicted molar refractivity (Wildman–Crippen MR) is 48.4 cm³/mol. The average Bonchev–Trinajstić information content (AvgIpc) is 1.97. The van der Waals surface area contributed by atoms with Gasteiger partial charge in [-0.05, 0) is 44.0 Å². The second-order valence-corrected chi connectivity index (χ2v) is 3.61. The van der Waals surface area contributed by atoms with Gasteiger partial charge in [-0.1, -0.05) is 0 Å². The Morgan fingerprint density at radius 1 is 1.27 bits per heavy atom. The Balaban J connectivity index is 3.21. The first-order chi connectivity index (χ1) is 5.15. The fourth-order valence-corrected chi connectivity index (χ4v) is 1.46. The molecule has 0 fully saturated rings. The third kappa shape index (κ3) is 1.93. The largest absolute Gasteiger partial charge is 0.496 e. The lowest BCUT2D eigenvalue weighted by Crippen LogP contribution is -1.86. The zero-order valence-electron chi connectivity index (χ0n) is 5.70. The van der Waals surface area contributed by atoms with Crippen molar-refractivity contribution in [2.75, 3.05) is 7.11 Å². The van der Waals surface area contributed by atoms with Gasteiger partial charge in [0.05, 0.1) is 16.1 Å². The Kier molecular flexibility index (Phi) is 2.90. The van der Waals surface area contributed by atoms with Crippen LogP contribution in [0.3, 0.4) is 0 Å². The van der Waals surface area contributed by atoms with E-state index in [9.17, 15) is 4.39 Å². The molecule has 0 aromatic heterocycles. The molecule has 0 atom stereocenters. The van der Waals surface area contributed by atoms with Crippen molar-refractivity contribution in [1.29, 1.82) is 0 Å². The zero-order chi connectivity index (χ0) is 8.43. The molecule has 60 valence electrons. The fraction of sp³-hybridized carbons (Fsp3) is 0.143. The van der Waals surface area contributed by atoms with Gasteiger partial charge in [-0.3, -0.25) is 0 Å². The minimum absolute atomic E-state index is 0.308. The van der Waals surface area contributed by atoms with E-state index in [1.165, 1.54) is 13.2 Å². The summed E-state index contributed by atoms with van der Waals surface area (Å²) in [6, 6.07) is 2.92. The van der Waals surface area contributed by atoms with Crippen molar-refractivity contribution in [3.8, 4) is 5.75 Å². The number of rotatable bonds is 1. The van der Waals surface area contributed by atoms with Gasteiger partial charge in [0.15, 0.2) is 0 Å². The van der Waals surface area contributed by atoms with Crippen molar-refractivity contribution in [2.24, 2.45) is 0 Å². The van der Waals surface area contributed by atoms with Crippen LogP contribution in [0.5, 0.6) is 5.75 Å². The van der Waals surface area contributed by atoms with Crippen LogP contribution >= 0.6 is 31.9 Å². The molecule has 0 spiro atoms. The van der Waals surface area contributed by atoms with E-state index in [1.807, 2.05) is 0 Å². The van der Waals surface area contributed by atoms with Gasteiger partial charge in [0, 0.05) is 0 Å². The van der Waals surface area contributed by atoms with E-state index in [-0.39, 0.29) is 5.82 Å². The molecule has 1 nitrogen and oxygen atoms in total. The molecule has 0 amide bonds. The first-order valence-corrected chi connectivity index (χ1v) is 4.42. The fourth-order valence-electron chi connectivity index (χ4n) is 0.661. The number of methoxy groups -OCH3 is 1. The molecule has 0 saturated heterocycles. The van der Waals surface area contributed by atoms with Crippen molar-refractivity contribution in [3.63, 3.8) is 0 Å². The molecule has 0 N–H and O–H groups in total. The summed E-state index contributed by atoms with van der Waals surface area (Å²) in [6.07, 6.45) is 0. The number of hydrogen-bond donors (Lipinski definition) is 0. The molecule has 1 rings (SSSR count). The molecule has 0 aliphatic rings. The van der Waals surface area contributed by atoms with Crippen LogP contribution in [-0.2, 0) is 0 Å². The number of benzene rings is 1. The molecular weight excluding hydrogens is 279 g/mol. The van der Waals surface area contributed by atoms with E-state index in [2.05, 4.69) is 31.9 Å². The van der Waals surface area contributed by atoms with Crippen molar-refractivity contribution < 1.29 is 9.13 Å². The topological polar surface area (TPSA) is 9.23 Å². The lowest BCUT2D eigenvalue weighted by Gasteiger charge is -2.03. The van der Waals surface area contributed by atoms with Crippen LogP contribution in [0.25, 0.3) is 0 Å². The summed E-state index contributed by atoms with van der Waals surface area (Å²) in [6.45, 7) is 0. The minimum atomic E-state index is -0.308. The zero-order valence-corrected chi connectivity index (χ0v) is 8.87. The highest BCUT2D eigenvalue weighted by atomic mass is 79.9. The van der Waals surface area contributed by atoms with Gasteiger partial charge >= 0.3 is 0 Å². The first-order valence-electron chi connectivity index (χ1n) is 2.83. The Morgan fingerprint density at radius 2 is 1.91 bits per heavy atom. The summed E-state index contributed by atoms with van der Waals surface area (Å²) < 4.78 is 18.7. The summed E-state index contributed by atoms with van der Waals surface area (Å²) in [4.78, 5) is 0. The van der Waals surface area contributed by atoms with Gasteiger partial charge in [-0.2, -0.15) is 0 Å². The van der Waals surface area contributed by atoms with E-state index in [1.54, 1.807) is 6.07 Å². The summed E-state index contributed by atoms with van der Waals surface area (Å²) >= 11 is 6.20. The first kappa shape index (κ1) is 9.00. The molecular formula is C7H5Br2FO. The van der Waals surface area contributed by atoms with Crippen LogP contribution in [0.2, 0.25) is 0 Å². The Labute approximate surface area is 80.8 Å². The van der Waals surface area contributed by atoms with Crippen LogP contribution in [0.4, 0.5) is 4.39 Å².